The van der Waals surface area contributed by atoms with Gasteiger partial charge < -0.3 is 9.84 Å². The van der Waals surface area contributed by atoms with Crippen molar-refractivity contribution in [3.8, 4) is 17.0 Å². The van der Waals surface area contributed by atoms with Gasteiger partial charge in [-0.15, -0.1) is 0 Å². The first-order valence-corrected chi connectivity index (χ1v) is 8.77. The third-order valence-electron chi connectivity index (χ3n) is 4.29. The van der Waals surface area contributed by atoms with Gasteiger partial charge in [0.05, 0.1) is 16.4 Å². The van der Waals surface area contributed by atoms with E-state index in [0.29, 0.717) is 24.2 Å². The van der Waals surface area contributed by atoms with Gasteiger partial charge in [-0.1, -0.05) is 24.6 Å². The molecule has 0 saturated carbocycles. The molecule has 13 heteroatoms. The Labute approximate surface area is 170 Å². The second-order valence-corrected chi connectivity index (χ2v) is 6.45. The zero-order valence-electron chi connectivity index (χ0n) is 15.4. The van der Waals surface area contributed by atoms with Crippen molar-refractivity contribution in [3.63, 3.8) is 0 Å². The number of hydrogen-bond acceptors (Lipinski definition) is 3. The molecule has 0 fully saturated rings. The minimum atomic E-state index is -6.19. The van der Waals surface area contributed by atoms with Crippen LogP contribution < -0.4 is 4.74 Å². The fourth-order valence-electron chi connectivity index (χ4n) is 2.83. The van der Waals surface area contributed by atoms with Crippen LogP contribution in [0.1, 0.15) is 25.1 Å². The summed E-state index contributed by atoms with van der Waals surface area (Å²) in [7, 11) is 0. The fraction of sp³-hybridized carbons (Fsp3) is 0.471. The molecule has 0 saturated heterocycles. The van der Waals surface area contributed by atoms with Gasteiger partial charge in [-0.05, 0) is 25.5 Å². The molecule has 1 aromatic carbocycles. The van der Waals surface area contributed by atoms with Crippen LogP contribution in [0.25, 0.3) is 11.3 Å². The first kappa shape index (κ1) is 24.2. The minimum Gasteiger partial charge on any atom is -0.434 e. The summed E-state index contributed by atoms with van der Waals surface area (Å²) in [5.74, 6) is -1.03. The van der Waals surface area contributed by atoms with E-state index in [-0.39, 0.29) is 28.9 Å². The molecule has 1 heterocycles. The van der Waals surface area contributed by atoms with Crippen LogP contribution in [0.5, 0.6) is 5.75 Å². The molecule has 0 atom stereocenters. The largest absolute Gasteiger partial charge is 0.434 e. The summed E-state index contributed by atoms with van der Waals surface area (Å²) in [6.45, 7) is -0.114. The summed E-state index contributed by atoms with van der Waals surface area (Å²) in [6.07, 6.45) is -12.1. The van der Waals surface area contributed by atoms with Crippen molar-refractivity contribution in [1.29, 1.82) is 0 Å². The zero-order chi connectivity index (χ0) is 23.1. The highest BCUT2D eigenvalue weighted by atomic mass is 35.5. The Hall–Kier alpha value is -2.08. The molecule has 2 aromatic rings. The van der Waals surface area contributed by atoms with Crippen LogP contribution >= 0.6 is 11.6 Å². The highest BCUT2D eigenvalue weighted by molar-refractivity contribution is 6.33. The normalized spacial score (nSPS) is 13.2. The predicted molar refractivity (Wildman–Crippen MR) is 90.4 cm³/mol. The molecular formula is C17H15ClF8N2O2. The number of ether oxygens (including phenoxy) is 1. The van der Waals surface area contributed by atoms with Gasteiger partial charge in [0.1, 0.15) is 5.75 Å². The molecule has 0 aliphatic heterocycles. The number of rotatable bonds is 6. The third-order valence-corrected chi connectivity index (χ3v) is 4.68. The number of hydrogen-bond donors (Lipinski definition) is 1. The summed E-state index contributed by atoms with van der Waals surface area (Å²) >= 11 is 6.19. The molecule has 168 valence electrons. The molecule has 0 spiro atoms. The van der Waals surface area contributed by atoms with E-state index in [2.05, 4.69) is 9.84 Å². The van der Waals surface area contributed by atoms with Gasteiger partial charge in [-0.3, -0.25) is 4.68 Å². The number of benzene rings is 1. The maximum Gasteiger partial charge on any atom is 0.430 e. The summed E-state index contributed by atoms with van der Waals surface area (Å²) in [4.78, 5) is 0. The van der Waals surface area contributed by atoms with Gasteiger partial charge in [0.25, 0.3) is 5.60 Å². The van der Waals surface area contributed by atoms with Crippen molar-refractivity contribution in [2.75, 3.05) is 0 Å². The van der Waals surface area contributed by atoms with Crippen LogP contribution in [0.3, 0.4) is 0 Å². The van der Waals surface area contributed by atoms with E-state index in [9.17, 15) is 40.2 Å². The standard InChI is InChI=1S/C17H15ClF8N2O2/c1-3-10-12(18)13(28(4-2)27-10)9-6-5-8(7-11(9)30-14(19)20)15(29,16(21,22)23)17(24,25)26/h5-7,14,29H,3-4H2,1-2H3. The number of nitrogens with zero attached hydrogens (tertiary/aromatic N) is 2. The smallest absolute Gasteiger partial charge is 0.430 e. The van der Waals surface area contributed by atoms with Gasteiger partial charge in [0, 0.05) is 17.7 Å². The van der Waals surface area contributed by atoms with Crippen molar-refractivity contribution >= 4 is 11.6 Å². The summed E-state index contributed by atoms with van der Waals surface area (Å²) in [6, 6.07) is 1.07. The van der Waals surface area contributed by atoms with Gasteiger partial charge in [0.2, 0.25) is 0 Å². The first-order valence-electron chi connectivity index (χ1n) is 8.39. The maximum atomic E-state index is 13.1. The van der Waals surface area contributed by atoms with E-state index in [1.807, 2.05) is 0 Å². The minimum absolute atomic E-state index is 0.0203. The third kappa shape index (κ3) is 4.07. The lowest BCUT2D eigenvalue weighted by Gasteiger charge is -2.33. The molecule has 4 nitrogen and oxygen atoms in total. The molecule has 0 bridgehead atoms. The number of aromatic nitrogens is 2. The van der Waals surface area contributed by atoms with Gasteiger partial charge in [-0.25, -0.2) is 0 Å². The van der Waals surface area contributed by atoms with E-state index < -0.39 is 35.9 Å². The van der Waals surface area contributed by atoms with E-state index in [1.54, 1.807) is 13.8 Å². The van der Waals surface area contributed by atoms with Crippen LogP contribution in [-0.4, -0.2) is 33.9 Å². The fourth-order valence-corrected chi connectivity index (χ4v) is 3.20. The Bertz CT molecular complexity index is 894. The van der Waals surface area contributed by atoms with Crippen LogP contribution in [0, 0.1) is 0 Å². The molecule has 0 unspecified atom stereocenters. The highest BCUT2D eigenvalue weighted by Gasteiger charge is 2.71. The first-order chi connectivity index (χ1) is 13.7. The monoisotopic (exact) mass is 466 g/mol. The molecule has 0 radical (unpaired) electrons. The molecule has 30 heavy (non-hydrogen) atoms. The van der Waals surface area contributed by atoms with E-state index in [4.69, 9.17) is 11.6 Å². The summed E-state index contributed by atoms with van der Waals surface area (Å²) < 4.78 is 110. The lowest BCUT2D eigenvalue weighted by atomic mass is 9.90. The van der Waals surface area contributed by atoms with Crippen molar-refractivity contribution in [1.82, 2.24) is 9.78 Å². The lowest BCUT2D eigenvalue weighted by Crippen LogP contribution is -2.53. The SMILES string of the molecule is CCc1nn(CC)c(-c2ccc(C(O)(C(F)(F)F)C(F)(F)F)cc2OC(F)F)c1Cl. The highest BCUT2D eigenvalue weighted by Crippen LogP contribution is 2.51. The average molecular weight is 467 g/mol. The van der Waals surface area contributed by atoms with Crippen LogP contribution in [0.15, 0.2) is 18.2 Å². The number of alkyl halides is 8. The maximum absolute atomic E-state index is 13.1. The number of halogens is 9. The molecular weight excluding hydrogens is 452 g/mol. The van der Waals surface area contributed by atoms with E-state index in [1.165, 1.54) is 4.68 Å². The van der Waals surface area contributed by atoms with Crippen LogP contribution in [0.4, 0.5) is 35.1 Å². The van der Waals surface area contributed by atoms with E-state index in [0.717, 1.165) is 0 Å². The van der Waals surface area contributed by atoms with Gasteiger partial charge >= 0.3 is 19.0 Å². The molecule has 2 rings (SSSR count). The van der Waals surface area contributed by atoms with Gasteiger partial charge in [0.15, 0.2) is 0 Å². The van der Waals surface area contributed by atoms with Gasteiger partial charge in [-0.2, -0.15) is 40.2 Å². The predicted octanol–water partition coefficient (Wildman–Crippen LogP) is 5.70. The lowest BCUT2D eigenvalue weighted by molar-refractivity contribution is -0.376. The van der Waals surface area contributed by atoms with Crippen molar-refractivity contribution < 1.29 is 45.0 Å². The Kier molecular flexibility index (Phi) is 6.62. The van der Waals surface area contributed by atoms with E-state index >= 15 is 0 Å². The van der Waals surface area contributed by atoms with Crippen molar-refractivity contribution in [2.45, 2.75) is 51.4 Å². The Morgan fingerprint density at radius 3 is 2.10 bits per heavy atom. The summed E-state index contributed by atoms with van der Waals surface area (Å²) in [5.41, 5.74) is -7.05. The topological polar surface area (TPSA) is 47.3 Å². The zero-order valence-corrected chi connectivity index (χ0v) is 16.1. The van der Waals surface area contributed by atoms with Crippen molar-refractivity contribution in [2.24, 2.45) is 0 Å². The molecule has 1 N–H and O–H groups in total. The van der Waals surface area contributed by atoms with Crippen LogP contribution in [-0.2, 0) is 18.6 Å². The Morgan fingerprint density at radius 1 is 1.10 bits per heavy atom. The summed E-state index contributed by atoms with van der Waals surface area (Å²) in [5, 5.41) is 13.6. The molecule has 1 aromatic heterocycles. The molecule has 0 aliphatic carbocycles. The quantitative estimate of drug-likeness (QED) is 0.556. The molecule has 0 aliphatic rings. The number of aryl methyl sites for hydroxylation is 2. The Balaban J connectivity index is 2.81. The second kappa shape index (κ2) is 8.22. The number of aliphatic hydroxyl groups is 1. The molecule has 0 amide bonds. The second-order valence-electron chi connectivity index (χ2n) is 6.07. The van der Waals surface area contributed by atoms with Crippen LogP contribution in [0.2, 0.25) is 5.02 Å². The average Bonchev–Trinajstić information content (AvgIpc) is 2.94. The van der Waals surface area contributed by atoms with Crippen molar-refractivity contribution in [3.05, 3.63) is 34.5 Å². The Morgan fingerprint density at radius 2 is 1.67 bits per heavy atom.